The largest absolute Gasteiger partial charge is 0.395 e. The van der Waals surface area contributed by atoms with Gasteiger partial charge in [0.25, 0.3) is 0 Å². The summed E-state index contributed by atoms with van der Waals surface area (Å²) in [5.74, 6) is 1.90. The number of hydrogen-bond donors (Lipinski definition) is 1. The van der Waals surface area contributed by atoms with Crippen molar-refractivity contribution in [2.24, 2.45) is 0 Å². The molecule has 2 saturated heterocycles. The Hall–Kier alpha value is -0.910. The molecule has 3 fully saturated rings. The zero-order valence-corrected chi connectivity index (χ0v) is 14.5. The van der Waals surface area contributed by atoms with E-state index in [-0.39, 0.29) is 12.0 Å². The van der Waals surface area contributed by atoms with Crippen LogP contribution in [0.4, 0.5) is 5.82 Å². The number of fused-ring (bicyclic) bond motifs is 1. The normalized spacial score (nSPS) is 29.6. The number of aliphatic hydroxyl groups is 1. The number of anilines is 1. The third kappa shape index (κ3) is 2.83. The molecule has 1 aliphatic carbocycles. The highest BCUT2D eigenvalue weighted by Crippen LogP contribution is 2.47. The fourth-order valence-corrected chi connectivity index (χ4v) is 4.38. The summed E-state index contributed by atoms with van der Waals surface area (Å²) in [4.78, 5) is 14.2. The average Bonchev–Trinajstić information content (AvgIpc) is 3.13. The summed E-state index contributed by atoms with van der Waals surface area (Å²) in [6, 6.07) is 2.94. The van der Waals surface area contributed by atoms with Crippen LogP contribution in [0.3, 0.4) is 0 Å². The maximum atomic E-state index is 9.30. The molecule has 23 heavy (non-hydrogen) atoms. The molecule has 2 aliphatic heterocycles. The molecule has 0 amide bonds. The highest BCUT2D eigenvalue weighted by Gasteiger charge is 2.44. The first-order valence-corrected chi connectivity index (χ1v) is 9.15. The molecule has 0 bridgehead atoms. The minimum absolute atomic E-state index is 0.133. The third-order valence-corrected chi connectivity index (χ3v) is 6.02. The van der Waals surface area contributed by atoms with Gasteiger partial charge in [0.05, 0.1) is 6.61 Å². The van der Waals surface area contributed by atoms with E-state index in [0.717, 1.165) is 50.5 Å². The van der Waals surface area contributed by atoms with Crippen LogP contribution < -0.4 is 4.90 Å². The quantitative estimate of drug-likeness (QED) is 0.854. The fourth-order valence-electron chi connectivity index (χ4n) is 4.21. The van der Waals surface area contributed by atoms with Gasteiger partial charge in [0.1, 0.15) is 16.8 Å². The number of piperidine rings is 1. The number of hydrogen-bond acceptors (Lipinski definition) is 5. The van der Waals surface area contributed by atoms with Gasteiger partial charge < -0.3 is 10.0 Å². The van der Waals surface area contributed by atoms with Gasteiger partial charge in [0.15, 0.2) is 0 Å². The van der Waals surface area contributed by atoms with E-state index in [4.69, 9.17) is 16.6 Å². The first-order chi connectivity index (χ1) is 11.1. The smallest absolute Gasteiger partial charge is 0.138 e. The van der Waals surface area contributed by atoms with Gasteiger partial charge in [-0.25, -0.2) is 9.97 Å². The van der Waals surface area contributed by atoms with Crippen molar-refractivity contribution < 1.29 is 5.11 Å². The first kappa shape index (κ1) is 15.6. The van der Waals surface area contributed by atoms with Crippen molar-refractivity contribution in [2.75, 3.05) is 31.1 Å². The molecule has 0 spiro atoms. The van der Waals surface area contributed by atoms with Crippen LogP contribution in [0.25, 0.3) is 0 Å². The first-order valence-electron chi connectivity index (χ1n) is 8.77. The molecule has 0 radical (unpaired) electrons. The molecule has 6 heteroatoms. The van der Waals surface area contributed by atoms with Crippen LogP contribution in [0.15, 0.2) is 6.07 Å². The molecule has 1 aromatic heterocycles. The summed E-state index contributed by atoms with van der Waals surface area (Å²) < 4.78 is 0. The van der Waals surface area contributed by atoms with Crippen LogP contribution in [0, 0.1) is 0 Å². The van der Waals surface area contributed by atoms with Gasteiger partial charge in [-0.1, -0.05) is 18.5 Å². The lowest BCUT2D eigenvalue weighted by Gasteiger charge is -2.40. The van der Waals surface area contributed by atoms with Crippen LogP contribution in [-0.4, -0.2) is 58.3 Å². The van der Waals surface area contributed by atoms with E-state index in [2.05, 4.69) is 21.7 Å². The van der Waals surface area contributed by atoms with Crippen LogP contribution in [-0.2, 0) is 5.41 Å². The number of rotatable bonds is 4. The molecule has 3 heterocycles. The molecule has 1 saturated carbocycles. The summed E-state index contributed by atoms with van der Waals surface area (Å²) in [6.45, 7) is 5.36. The number of β-amino-alcohol motifs (C(OH)–C–C–N with tert-alkyl or cyclic N) is 1. The zero-order valence-electron chi connectivity index (χ0n) is 13.7. The molecule has 126 valence electrons. The summed E-state index contributed by atoms with van der Waals surface area (Å²) in [5, 5.41) is 9.86. The van der Waals surface area contributed by atoms with Crippen molar-refractivity contribution in [1.82, 2.24) is 14.9 Å². The standard InChI is InChI=1S/C17H25ClN4O/c1-17(5-6-17)16-19-14(18)11-15(20-16)22-8-4-12-13(22)3-2-7-21(12)9-10-23/h11-13,23H,2-10H2,1H3. The lowest BCUT2D eigenvalue weighted by molar-refractivity contribution is 0.114. The minimum Gasteiger partial charge on any atom is -0.395 e. The van der Waals surface area contributed by atoms with E-state index in [9.17, 15) is 5.11 Å². The molecule has 2 atom stereocenters. The SMILES string of the molecule is CC1(c2nc(Cl)cc(N3CCC4C3CCCN4CCO)n2)CC1. The van der Waals surface area contributed by atoms with Gasteiger partial charge in [-0.2, -0.15) is 0 Å². The van der Waals surface area contributed by atoms with E-state index < -0.39 is 0 Å². The molecule has 5 nitrogen and oxygen atoms in total. The number of halogens is 1. The Bertz CT molecular complexity index is 590. The van der Waals surface area contributed by atoms with Crippen molar-refractivity contribution in [2.45, 2.75) is 56.5 Å². The summed E-state index contributed by atoms with van der Waals surface area (Å²) in [6.07, 6.45) is 5.83. The zero-order chi connectivity index (χ0) is 16.0. The van der Waals surface area contributed by atoms with Crippen LogP contribution in [0.5, 0.6) is 0 Å². The van der Waals surface area contributed by atoms with Gasteiger partial charge in [-0.15, -0.1) is 0 Å². The second-order valence-electron chi connectivity index (χ2n) is 7.45. The van der Waals surface area contributed by atoms with E-state index in [1.54, 1.807) is 0 Å². The van der Waals surface area contributed by atoms with Crippen LogP contribution in [0.2, 0.25) is 5.15 Å². The van der Waals surface area contributed by atoms with Gasteiger partial charge in [-0.05, 0) is 38.6 Å². The van der Waals surface area contributed by atoms with Crippen molar-refractivity contribution in [3.05, 3.63) is 17.0 Å². The molecular formula is C17H25ClN4O. The molecular weight excluding hydrogens is 312 g/mol. The highest BCUT2D eigenvalue weighted by molar-refractivity contribution is 6.29. The maximum absolute atomic E-state index is 9.30. The Labute approximate surface area is 142 Å². The van der Waals surface area contributed by atoms with Gasteiger partial charge >= 0.3 is 0 Å². The second-order valence-corrected chi connectivity index (χ2v) is 7.84. The maximum Gasteiger partial charge on any atom is 0.138 e. The number of nitrogens with zero attached hydrogens (tertiary/aromatic N) is 4. The summed E-state index contributed by atoms with van der Waals surface area (Å²) >= 11 is 6.29. The molecule has 4 rings (SSSR count). The van der Waals surface area contributed by atoms with Crippen molar-refractivity contribution in [1.29, 1.82) is 0 Å². The fraction of sp³-hybridized carbons (Fsp3) is 0.765. The van der Waals surface area contributed by atoms with Crippen molar-refractivity contribution in [3.63, 3.8) is 0 Å². The van der Waals surface area contributed by atoms with E-state index in [1.807, 2.05) is 6.07 Å². The molecule has 2 unspecified atom stereocenters. The molecule has 3 aliphatic rings. The predicted molar refractivity (Wildman–Crippen MR) is 91.1 cm³/mol. The minimum atomic E-state index is 0.133. The predicted octanol–water partition coefficient (Wildman–Crippen LogP) is 2.22. The second kappa shape index (κ2) is 5.87. The average molecular weight is 337 g/mol. The molecule has 1 aromatic rings. The van der Waals surface area contributed by atoms with Crippen molar-refractivity contribution >= 4 is 17.4 Å². The Balaban J connectivity index is 1.60. The van der Waals surface area contributed by atoms with E-state index >= 15 is 0 Å². The van der Waals surface area contributed by atoms with Gasteiger partial charge in [0, 0.05) is 36.7 Å². The van der Waals surface area contributed by atoms with Crippen molar-refractivity contribution in [3.8, 4) is 0 Å². The molecule has 1 N–H and O–H groups in total. The number of aliphatic hydroxyl groups excluding tert-OH is 1. The Morgan fingerprint density at radius 1 is 1.26 bits per heavy atom. The third-order valence-electron chi connectivity index (χ3n) is 5.83. The number of aromatic nitrogens is 2. The molecule has 0 aromatic carbocycles. The van der Waals surface area contributed by atoms with Crippen LogP contribution >= 0.6 is 11.6 Å². The lowest BCUT2D eigenvalue weighted by atomic mass is 9.97. The van der Waals surface area contributed by atoms with E-state index in [1.165, 1.54) is 12.8 Å². The lowest BCUT2D eigenvalue weighted by Crippen LogP contribution is -2.50. The van der Waals surface area contributed by atoms with Crippen LogP contribution in [0.1, 0.15) is 44.9 Å². The highest BCUT2D eigenvalue weighted by atomic mass is 35.5. The topological polar surface area (TPSA) is 52.5 Å². The summed E-state index contributed by atoms with van der Waals surface area (Å²) in [7, 11) is 0. The Morgan fingerprint density at radius 2 is 2.09 bits per heavy atom. The van der Waals surface area contributed by atoms with Gasteiger partial charge in [0.2, 0.25) is 0 Å². The number of likely N-dealkylation sites (tertiary alicyclic amines) is 1. The van der Waals surface area contributed by atoms with E-state index in [0.29, 0.717) is 17.2 Å². The monoisotopic (exact) mass is 336 g/mol. The Morgan fingerprint density at radius 3 is 2.83 bits per heavy atom. The Kier molecular flexibility index (Phi) is 3.98. The van der Waals surface area contributed by atoms with Gasteiger partial charge in [-0.3, -0.25) is 4.90 Å². The summed E-state index contributed by atoms with van der Waals surface area (Å²) in [5.41, 5.74) is 0.133.